The molecule has 10 N–H and O–H groups in total. The predicted molar refractivity (Wildman–Crippen MR) is 421 cm³/mol. The van der Waals surface area contributed by atoms with Gasteiger partial charge >= 0.3 is 81.3 Å². The van der Waals surface area contributed by atoms with Crippen molar-refractivity contribution in [2.45, 2.75) is 89.9 Å². The molecule has 38 nitrogen and oxygen atoms in total. The number of carboxylic acid groups (broad SMARTS) is 6. The summed E-state index contributed by atoms with van der Waals surface area (Å²) in [5.74, 6) is -10.4. The number of nitrogens with one attached hydrogen (secondary N) is 4. The largest absolute Gasteiger partial charge is 3.00 e. The van der Waals surface area contributed by atoms with E-state index in [1.807, 2.05) is 104 Å². The van der Waals surface area contributed by atoms with Crippen LogP contribution in [0.25, 0.3) is 0 Å². The molecule has 6 rings (SSSR count). The number of anilines is 1. The Balaban J connectivity index is 0.0000144. The van der Waals surface area contributed by atoms with E-state index >= 15 is 0 Å². The number of carboxylic acids is 6. The van der Waals surface area contributed by atoms with Crippen LogP contribution in [-0.2, 0) is 80.4 Å². The molecule has 0 atom stereocenters. The average Bonchev–Trinajstić information content (AvgIpc) is 1.59. The van der Waals surface area contributed by atoms with Crippen molar-refractivity contribution in [1.29, 1.82) is 0 Å². The van der Waals surface area contributed by atoms with Crippen LogP contribution in [0.1, 0.15) is 112 Å². The Bertz CT molecular complexity index is 4060. The summed E-state index contributed by atoms with van der Waals surface area (Å²) in [6, 6.07) is 10.7. The predicted octanol–water partition coefficient (Wildman–Crippen LogP) is -9.47. The number of hydrogen-bond acceptors (Lipinski definition) is 31. The van der Waals surface area contributed by atoms with E-state index in [9.17, 15) is 105 Å². The number of amides is 4. The molecule has 0 aliphatic carbocycles. The number of benzene rings is 2. The monoisotopic (exact) mass is 2000 g/mol. The summed E-state index contributed by atoms with van der Waals surface area (Å²) in [4.78, 5) is 138. The second-order valence-electron chi connectivity index (χ2n) is 30.1. The molecule has 2 fully saturated rings. The third kappa shape index (κ3) is 39.8. The molecule has 4 aliphatic rings. The molecule has 2 saturated heterocycles. The summed E-state index contributed by atoms with van der Waals surface area (Å²) in [7, 11) is -8.93. The molecule has 0 unspecified atom stereocenters. The van der Waals surface area contributed by atoms with E-state index < -0.39 is 118 Å². The van der Waals surface area contributed by atoms with Gasteiger partial charge in [-0.15, -0.1) is 0 Å². The number of carbonyl (C=O) groups excluding carboxylic acids is 10. The Kier molecular flexibility index (Phi) is 49.6. The minimum Gasteiger partial charge on any atom is -0.748 e. The molecule has 2 aromatic rings. The smallest absolute Gasteiger partial charge is 0.748 e. The van der Waals surface area contributed by atoms with E-state index in [0.717, 1.165) is 33.9 Å². The van der Waals surface area contributed by atoms with E-state index in [0.29, 0.717) is 62.7 Å². The number of hydrogen-bond donors (Lipinski definition) is 4. The number of allylic oxidation sites excluding steroid dienone is 8. The van der Waals surface area contributed by atoms with Crippen LogP contribution in [0.2, 0.25) is 0 Å². The number of fused-ring (bicyclic) bond motifs is 2. The van der Waals surface area contributed by atoms with E-state index in [1.54, 1.807) is 41.5 Å². The minimum absolute atomic E-state index is 0. The van der Waals surface area contributed by atoms with Crippen LogP contribution in [-0.4, -0.2) is 343 Å². The van der Waals surface area contributed by atoms with Crippen LogP contribution in [0.3, 0.4) is 0 Å². The molecule has 0 saturated carbocycles. The van der Waals surface area contributed by atoms with Gasteiger partial charge in [0.15, 0.2) is 5.71 Å². The van der Waals surface area contributed by atoms with Gasteiger partial charge in [-0.3, -0.25) is 58.4 Å². The van der Waals surface area contributed by atoms with Crippen LogP contribution >= 0.6 is 0 Å². The molecule has 2 radical (unpaired) electrons. The summed E-state index contributed by atoms with van der Waals surface area (Å²) < 4.78 is 71.6. The van der Waals surface area contributed by atoms with Gasteiger partial charge in [0.2, 0.25) is 17.5 Å². The molecule has 0 aromatic heterocycles. The van der Waals surface area contributed by atoms with Crippen molar-refractivity contribution in [1.82, 2.24) is 60.5 Å². The van der Waals surface area contributed by atoms with Crippen molar-refractivity contribution in [3.63, 3.8) is 0 Å². The molecule has 664 valence electrons. The molecule has 4 aliphatic heterocycles. The van der Waals surface area contributed by atoms with Gasteiger partial charge in [0, 0.05) is 240 Å². The van der Waals surface area contributed by atoms with Crippen molar-refractivity contribution >= 4 is 96.8 Å². The van der Waals surface area contributed by atoms with Gasteiger partial charge in [0.05, 0.1) is 74.6 Å². The maximum absolute atomic E-state index is 13.7. The second kappa shape index (κ2) is 54.3. The SMILES string of the molecule is CC1(C)C(=CC=CC=CC=CC2=[N+](CCCCS(=O)(=O)[O-])c3ccc(C(=O)NCCCCNC(=O)CN4CCN(CC(=O)[O-])CCN(CC(=O)[O-])CCN(CC(=O)[O-])CC4)cc3C2(C)C)N(CCCCS(=O)(=O)[O-])c2ccc(C(=O)NCCCCNC(=O)CN3CCN(CC(=O)[O-])CCN(CC(=O)[O-])CCN(CC(=O)[O-])CC3)cc21.[Gd+3].[Gd+3].[H+].[OH3+].[OH3+]. The molecule has 42 heteroatoms. The van der Waals surface area contributed by atoms with Crippen LogP contribution < -0.4 is 56.8 Å². The topological polar surface area (TPSA) is 570 Å². The summed E-state index contributed by atoms with van der Waals surface area (Å²) in [6.45, 7) is 9.99. The van der Waals surface area contributed by atoms with Gasteiger partial charge < -0.3 is 106 Å². The molecule has 4 heterocycles. The summed E-state index contributed by atoms with van der Waals surface area (Å²) in [6.07, 6.45) is 15.9. The van der Waals surface area contributed by atoms with Crippen molar-refractivity contribution < 1.29 is 201 Å². The molecular formula is C77H116Gd2N14O24S2+2. The molecule has 4 amide bonds. The third-order valence-electron chi connectivity index (χ3n) is 20.4. The van der Waals surface area contributed by atoms with Crippen LogP contribution in [0.5, 0.6) is 0 Å². The van der Waals surface area contributed by atoms with Gasteiger partial charge in [0.1, 0.15) is 6.54 Å². The van der Waals surface area contributed by atoms with E-state index in [1.165, 1.54) is 9.80 Å². The normalized spacial score (nSPS) is 17.7. The quantitative estimate of drug-likeness (QED) is 0.0158. The Labute approximate surface area is 761 Å². The first-order chi connectivity index (χ1) is 54.4. The molecule has 0 spiro atoms. The molecule has 2 aromatic carbocycles. The fraction of sp³-hybridized carbons (Fsp3) is 0.597. The van der Waals surface area contributed by atoms with Gasteiger partial charge in [-0.1, -0.05) is 44.2 Å². The van der Waals surface area contributed by atoms with E-state index in [2.05, 4.69) is 21.3 Å². The van der Waals surface area contributed by atoms with Crippen molar-refractivity contribution in [3.8, 4) is 0 Å². The maximum Gasteiger partial charge on any atom is 3.00 e. The Morgan fingerprint density at radius 3 is 1.09 bits per heavy atom. The van der Waals surface area contributed by atoms with Gasteiger partial charge in [0.25, 0.3) is 11.8 Å². The second-order valence-corrected chi connectivity index (χ2v) is 33.1. The van der Waals surface area contributed by atoms with Gasteiger partial charge in [-0.2, -0.15) is 4.58 Å². The van der Waals surface area contributed by atoms with Crippen molar-refractivity contribution in [3.05, 3.63) is 107 Å². The average molecular weight is 2000 g/mol. The van der Waals surface area contributed by atoms with Gasteiger partial charge in [-0.05, 0) is 101 Å². The molecule has 0 bridgehead atoms. The summed E-state index contributed by atoms with van der Waals surface area (Å²) in [5, 5.41) is 80.9. The third-order valence-corrected chi connectivity index (χ3v) is 22.0. The maximum atomic E-state index is 13.7. The zero-order chi connectivity index (χ0) is 84.5. The van der Waals surface area contributed by atoms with Crippen LogP contribution in [0.15, 0.2) is 84.6 Å². The van der Waals surface area contributed by atoms with E-state index in [4.69, 9.17) is 0 Å². The van der Waals surface area contributed by atoms with Gasteiger partial charge in [-0.25, -0.2) is 16.8 Å². The van der Waals surface area contributed by atoms with E-state index in [-0.39, 0.29) is 273 Å². The van der Waals surface area contributed by atoms with Crippen LogP contribution in [0, 0.1) is 79.9 Å². The molecular weight excluding hydrogens is 1880 g/mol. The fourth-order valence-corrected chi connectivity index (χ4v) is 15.4. The van der Waals surface area contributed by atoms with Crippen LogP contribution in [0.4, 0.5) is 11.4 Å². The Morgan fingerprint density at radius 2 is 0.731 bits per heavy atom. The summed E-state index contributed by atoms with van der Waals surface area (Å²) in [5.41, 5.74) is 4.29. The molecule has 119 heavy (non-hydrogen) atoms. The van der Waals surface area contributed by atoms with Crippen molar-refractivity contribution in [2.75, 3.05) is 213 Å². The Morgan fingerprint density at radius 1 is 0.412 bits per heavy atom. The Hall–Kier alpha value is -6.36. The fourth-order valence-electron chi connectivity index (χ4n) is 14.3. The number of nitrogens with zero attached hydrogens (tertiary/aromatic N) is 10. The zero-order valence-corrected chi connectivity index (χ0v) is 74.1. The minimum atomic E-state index is -4.47. The number of rotatable bonds is 42. The first-order valence-electron chi connectivity index (χ1n) is 38.8. The standard InChI is InChI=1S/C77H116N14O22S2.2Gd.2H2O/c1-76(2)60-48-58(74(106)80-26-12-10-24-78-66(92)50-82-30-34-84(52-68(94)95)38-42-88(56-72(102)103)43-39-85(35-31-82)53-69(96)97)20-22-62(60)90(28-14-16-46-114(108,109)110)64(76)18-8-6-5-7-9-19-65-77(3,4)61-49-59(21-23-63(61)91(65)29-15-17-47-115(111,112)113)75(107)81-27-13-11-25-79-67(93)51-83-32-36-86(54-70(98)99)40-44-89(57-73(104)105)45-41-87(37-33-83)55-71(100)101;;;;/h5-9,18-23,48-49H,10-17,24-47,50-57H2,1-4H3,(H11-,78,79,80,81,92,93,94,95,96,97,98,99,100,101,102,103,104,105,106,107,108,109,110,111,112,113);;;2*1H2/q;2*+3;;/p-4. The van der Waals surface area contributed by atoms with Crippen molar-refractivity contribution in [2.24, 2.45) is 0 Å². The zero-order valence-electron chi connectivity index (χ0n) is 68.9. The first kappa shape index (κ1) is 109. The number of carbonyl (C=O) groups is 10. The number of unbranched alkanes of at least 4 members (excludes halogenated alkanes) is 4. The number of aliphatic carboxylic acids is 6. The summed E-state index contributed by atoms with van der Waals surface area (Å²) >= 11 is 0. The first-order valence-corrected chi connectivity index (χ1v) is 41.9.